The van der Waals surface area contributed by atoms with Crippen molar-refractivity contribution in [2.24, 2.45) is 5.92 Å². The first-order valence-corrected chi connectivity index (χ1v) is 14.5. The minimum absolute atomic E-state index is 0.0682. The Labute approximate surface area is 217 Å². The van der Waals surface area contributed by atoms with E-state index in [9.17, 15) is 18.0 Å². The Kier molecular flexibility index (Phi) is 7.46. The number of sulfonamides is 1. The summed E-state index contributed by atoms with van der Waals surface area (Å²) in [4.78, 5) is 30.3. The number of nitrogens with one attached hydrogen (secondary N) is 2. The molecule has 2 fully saturated rings. The van der Waals surface area contributed by atoms with Crippen molar-refractivity contribution in [3.05, 3.63) is 54.1 Å². The second-order valence-electron chi connectivity index (χ2n) is 9.94. The number of H-pyrrole nitrogens is 1. The maximum Gasteiger partial charge on any atom is 0.240 e. The molecule has 1 amide bonds. The zero-order chi connectivity index (χ0) is 26.0. The topological polar surface area (TPSA) is 109 Å². The molecule has 196 valence electrons. The molecule has 2 aromatic carbocycles. The number of nitrogens with zero attached hydrogens (tertiary/aromatic N) is 1. The minimum atomic E-state index is -3.77. The second kappa shape index (κ2) is 10.8. The largest absolute Gasteiger partial charge is 0.377 e. The number of carbonyl (C=O) groups is 2. The van der Waals surface area contributed by atoms with Crippen molar-refractivity contribution in [1.29, 1.82) is 0 Å². The number of aromatic nitrogens is 1. The summed E-state index contributed by atoms with van der Waals surface area (Å²) in [6.45, 7) is 3.86. The van der Waals surface area contributed by atoms with E-state index in [1.807, 2.05) is 35.2 Å². The van der Waals surface area contributed by atoms with Crippen LogP contribution in [0.2, 0.25) is 0 Å². The van der Waals surface area contributed by atoms with Crippen LogP contribution in [0.3, 0.4) is 0 Å². The number of carbonyl (C=O) groups excluding carboxylic acids is 2. The summed E-state index contributed by atoms with van der Waals surface area (Å²) < 4.78 is 34.8. The van der Waals surface area contributed by atoms with Gasteiger partial charge < -0.3 is 14.6 Å². The predicted molar refractivity (Wildman–Crippen MR) is 142 cm³/mol. The second-order valence-corrected chi connectivity index (χ2v) is 11.7. The zero-order valence-electron chi connectivity index (χ0n) is 21.0. The maximum absolute atomic E-state index is 13.2. The molecule has 1 saturated heterocycles. The summed E-state index contributed by atoms with van der Waals surface area (Å²) in [6.07, 6.45) is 4.24. The van der Waals surface area contributed by atoms with Gasteiger partial charge in [0, 0.05) is 35.0 Å². The molecule has 1 atom stereocenters. The smallest absolute Gasteiger partial charge is 0.240 e. The van der Waals surface area contributed by atoms with Crippen molar-refractivity contribution in [1.82, 2.24) is 14.6 Å². The highest BCUT2D eigenvalue weighted by atomic mass is 32.2. The SMILES string of the molecule is CCC1COCCN1C(=O)[C@H]1CC[C@H](NS(=O)(=O)c2ccc3c(C=O)c(-c4ccccc4)[nH]c3c2)CC1. The van der Waals surface area contributed by atoms with Gasteiger partial charge in [0.2, 0.25) is 15.9 Å². The molecule has 1 unspecified atom stereocenters. The highest BCUT2D eigenvalue weighted by Crippen LogP contribution is 2.32. The number of fused-ring (bicyclic) bond motifs is 1. The van der Waals surface area contributed by atoms with E-state index in [0.29, 0.717) is 67.6 Å². The fourth-order valence-corrected chi connectivity index (χ4v) is 6.91. The van der Waals surface area contributed by atoms with E-state index in [-0.39, 0.29) is 28.8 Å². The van der Waals surface area contributed by atoms with Crippen LogP contribution in [0.15, 0.2) is 53.4 Å². The van der Waals surface area contributed by atoms with Gasteiger partial charge in [0.05, 0.1) is 29.8 Å². The first-order valence-electron chi connectivity index (χ1n) is 13.0. The first-order chi connectivity index (χ1) is 17.9. The lowest BCUT2D eigenvalue weighted by Gasteiger charge is -2.39. The Balaban J connectivity index is 1.28. The van der Waals surface area contributed by atoms with E-state index in [0.717, 1.165) is 18.3 Å². The van der Waals surface area contributed by atoms with Crippen molar-refractivity contribution in [3.8, 4) is 11.3 Å². The fourth-order valence-electron chi connectivity index (χ4n) is 5.58. The molecule has 0 spiro atoms. The third-order valence-corrected chi connectivity index (χ3v) is 9.20. The van der Waals surface area contributed by atoms with Gasteiger partial charge in [-0.3, -0.25) is 9.59 Å². The van der Waals surface area contributed by atoms with Gasteiger partial charge in [-0.05, 0) is 49.8 Å². The van der Waals surface area contributed by atoms with E-state index in [1.165, 1.54) is 0 Å². The third-order valence-electron chi connectivity index (χ3n) is 7.68. The number of amides is 1. The van der Waals surface area contributed by atoms with Gasteiger partial charge in [-0.25, -0.2) is 13.1 Å². The quantitative estimate of drug-likeness (QED) is 0.453. The average molecular weight is 524 g/mol. The number of rotatable bonds is 7. The third kappa shape index (κ3) is 5.21. The van der Waals surface area contributed by atoms with E-state index in [2.05, 4.69) is 16.6 Å². The zero-order valence-corrected chi connectivity index (χ0v) is 21.8. The number of hydrogen-bond acceptors (Lipinski definition) is 5. The number of aldehydes is 1. The van der Waals surface area contributed by atoms with Gasteiger partial charge in [0.25, 0.3) is 0 Å². The molecule has 2 N–H and O–H groups in total. The molecule has 3 aromatic rings. The highest BCUT2D eigenvalue weighted by molar-refractivity contribution is 7.89. The molecule has 37 heavy (non-hydrogen) atoms. The molecule has 2 aliphatic rings. The van der Waals surface area contributed by atoms with Crippen LogP contribution in [-0.4, -0.2) is 62.3 Å². The van der Waals surface area contributed by atoms with Crippen molar-refractivity contribution < 1.29 is 22.7 Å². The van der Waals surface area contributed by atoms with E-state index in [1.54, 1.807) is 18.2 Å². The molecule has 1 aliphatic heterocycles. The highest BCUT2D eigenvalue weighted by Gasteiger charge is 2.34. The monoisotopic (exact) mass is 523 g/mol. The molecule has 0 bridgehead atoms. The maximum atomic E-state index is 13.2. The molecule has 8 nitrogen and oxygen atoms in total. The molecule has 0 radical (unpaired) electrons. The summed E-state index contributed by atoms with van der Waals surface area (Å²) in [5.74, 6) is 0.107. The summed E-state index contributed by atoms with van der Waals surface area (Å²) in [5.41, 5.74) is 2.62. The van der Waals surface area contributed by atoms with Crippen molar-refractivity contribution in [2.75, 3.05) is 19.8 Å². The summed E-state index contributed by atoms with van der Waals surface area (Å²) in [5, 5.41) is 0.681. The number of benzene rings is 2. The number of aromatic amines is 1. The Morgan fingerprint density at radius 3 is 2.59 bits per heavy atom. The fraction of sp³-hybridized carbons (Fsp3) is 0.429. The van der Waals surface area contributed by atoms with Gasteiger partial charge in [-0.15, -0.1) is 0 Å². The Morgan fingerprint density at radius 1 is 1.14 bits per heavy atom. The molecule has 1 saturated carbocycles. The Bertz CT molecular complexity index is 1380. The molecule has 1 aliphatic carbocycles. The van der Waals surface area contributed by atoms with Crippen LogP contribution in [-0.2, 0) is 19.6 Å². The van der Waals surface area contributed by atoms with Crippen molar-refractivity contribution >= 4 is 33.1 Å². The van der Waals surface area contributed by atoms with Gasteiger partial charge in [0.1, 0.15) is 0 Å². The molecule has 1 aromatic heterocycles. The van der Waals surface area contributed by atoms with Crippen LogP contribution in [0, 0.1) is 5.92 Å². The van der Waals surface area contributed by atoms with Gasteiger partial charge in [-0.1, -0.05) is 43.3 Å². The summed E-state index contributed by atoms with van der Waals surface area (Å²) >= 11 is 0. The molecular formula is C28H33N3O5S. The van der Waals surface area contributed by atoms with E-state index >= 15 is 0 Å². The van der Waals surface area contributed by atoms with Crippen molar-refractivity contribution in [3.63, 3.8) is 0 Å². The van der Waals surface area contributed by atoms with E-state index < -0.39 is 10.0 Å². The van der Waals surface area contributed by atoms with Crippen LogP contribution in [0.25, 0.3) is 22.2 Å². The van der Waals surface area contributed by atoms with Crippen LogP contribution in [0.1, 0.15) is 49.4 Å². The lowest BCUT2D eigenvalue weighted by molar-refractivity contribution is -0.145. The minimum Gasteiger partial charge on any atom is -0.377 e. The molecule has 9 heteroatoms. The van der Waals surface area contributed by atoms with Crippen molar-refractivity contribution in [2.45, 2.75) is 56.0 Å². The lowest BCUT2D eigenvalue weighted by Crippen LogP contribution is -2.51. The number of morpholine rings is 1. The van der Waals surface area contributed by atoms with Gasteiger partial charge in [-0.2, -0.15) is 0 Å². The normalized spacial score (nSPS) is 22.7. The van der Waals surface area contributed by atoms with E-state index in [4.69, 9.17) is 4.74 Å². The van der Waals surface area contributed by atoms with Crippen LogP contribution < -0.4 is 4.72 Å². The summed E-state index contributed by atoms with van der Waals surface area (Å²) in [7, 11) is -3.77. The number of hydrogen-bond donors (Lipinski definition) is 2. The Morgan fingerprint density at radius 2 is 1.89 bits per heavy atom. The molecular weight excluding hydrogens is 490 g/mol. The molecule has 2 heterocycles. The Hall–Kier alpha value is -3.01. The van der Waals surface area contributed by atoms with Crippen LogP contribution in [0.4, 0.5) is 0 Å². The first kappa shape index (κ1) is 25.6. The lowest BCUT2D eigenvalue weighted by atomic mass is 9.85. The summed E-state index contributed by atoms with van der Waals surface area (Å²) in [6, 6.07) is 14.2. The average Bonchev–Trinajstić information content (AvgIpc) is 3.31. The van der Waals surface area contributed by atoms with Crippen LogP contribution >= 0.6 is 0 Å². The van der Waals surface area contributed by atoms with Gasteiger partial charge >= 0.3 is 0 Å². The standard InChI is InChI=1S/C28H33N3O5S/c1-2-22-18-36-15-14-31(22)28(33)20-8-10-21(11-9-20)30-37(34,35)23-12-13-24-25(17-32)27(29-26(24)16-23)19-6-4-3-5-7-19/h3-7,12-13,16-17,20-22,29-30H,2,8-11,14-15,18H2,1H3/t20-,21-,22?. The van der Waals surface area contributed by atoms with Crippen LogP contribution in [0.5, 0.6) is 0 Å². The number of ether oxygens (including phenoxy) is 1. The molecule has 5 rings (SSSR count). The predicted octanol–water partition coefficient (Wildman–Crippen LogP) is 4.12. The van der Waals surface area contributed by atoms with Gasteiger partial charge in [0.15, 0.2) is 6.29 Å².